The average molecular weight is 556 g/mol. The van der Waals surface area contributed by atoms with Crippen LogP contribution in [0.25, 0.3) is 11.2 Å². The minimum atomic E-state index is -4.10. The molecule has 0 spiro atoms. The van der Waals surface area contributed by atoms with E-state index in [1.807, 2.05) is 32.1 Å². The Hall–Kier alpha value is -3.28. The molecule has 3 aromatic rings. The van der Waals surface area contributed by atoms with Gasteiger partial charge in [0, 0.05) is 42.0 Å². The van der Waals surface area contributed by atoms with Gasteiger partial charge in [-0.1, -0.05) is 47.1 Å². The number of halogens is 3. The lowest BCUT2D eigenvalue weighted by molar-refractivity contribution is 0.544. The largest absolute Gasteiger partial charge is 0.366 e. The second-order valence-electron chi connectivity index (χ2n) is 9.25. The van der Waals surface area contributed by atoms with Gasteiger partial charge in [0.05, 0.1) is 5.69 Å². The highest BCUT2D eigenvalue weighted by molar-refractivity contribution is 7.89. The minimum absolute atomic E-state index is 0.0423. The fourth-order valence-electron chi connectivity index (χ4n) is 4.38. The maximum absolute atomic E-state index is 13.9. The SMILES string of the molecule is Bc1cnn2c(NCC3=CC=C(CNS(=O)(=O)c4ccc(F)cc4F)CC3)cc(C3=C(Cl)CCC=C3)nc12. The summed E-state index contributed by atoms with van der Waals surface area (Å²) in [6, 6.07) is 4.34. The molecule has 196 valence electrons. The van der Waals surface area contributed by atoms with E-state index in [9.17, 15) is 17.2 Å². The lowest BCUT2D eigenvalue weighted by atomic mass is 9.98. The van der Waals surface area contributed by atoms with E-state index < -0.39 is 26.6 Å². The smallest absolute Gasteiger partial charge is 0.243 e. The Bertz CT molecular complexity index is 1650. The van der Waals surface area contributed by atoms with Gasteiger partial charge >= 0.3 is 0 Å². The molecule has 12 heteroatoms. The Morgan fingerprint density at radius 2 is 1.84 bits per heavy atom. The second-order valence-corrected chi connectivity index (χ2v) is 11.4. The first-order valence-electron chi connectivity index (χ1n) is 12.2. The quantitative estimate of drug-likeness (QED) is 0.415. The number of hydrogen-bond acceptors (Lipinski definition) is 5. The molecule has 2 aliphatic carbocycles. The fourth-order valence-corrected chi connectivity index (χ4v) is 5.74. The van der Waals surface area contributed by atoms with Gasteiger partial charge in [-0.05, 0) is 43.3 Å². The minimum Gasteiger partial charge on any atom is -0.366 e. The number of rotatable bonds is 8. The fraction of sp³-hybridized carbons (Fsp3) is 0.231. The van der Waals surface area contributed by atoms with Gasteiger partial charge in [0.1, 0.15) is 30.2 Å². The first-order chi connectivity index (χ1) is 18.2. The number of nitrogens with zero attached hydrogens (tertiary/aromatic N) is 3. The van der Waals surface area contributed by atoms with Crippen molar-refractivity contribution < 1.29 is 17.2 Å². The number of hydrogen-bond donors (Lipinski definition) is 2. The third-order valence-corrected chi connectivity index (χ3v) is 8.35. The molecule has 0 atom stereocenters. The van der Waals surface area contributed by atoms with Crippen molar-refractivity contribution in [3.05, 3.63) is 88.3 Å². The van der Waals surface area contributed by atoms with Crippen molar-refractivity contribution in [1.82, 2.24) is 19.3 Å². The predicted molar refractivity (Wildman–Crippen MR) is 148 cm³/mol. The standard InChI is InChI=1S/C26H25BClF2N5O2S/c27-20-15-32-35-25(12-23(34-26(20)35)19-3-1-2-4-21(19)28)31-13-16-5-7-17(8-6-16)14-33-38(36,37)24-10-9-18(29)11-22(24)30/h1,3,5,7,9-12,15,31,33H,2,4,6,8,13-14,27H2. The summed E-state index contributed by atoms with van der Waals surface area (Å²) >= 11 is 6.50. The molecular weight excluding hydrogens is 531 g/mol. The van der Waals surface area contributed by atoms with E-state index >= 15 is 0 Å². The molecule has 0 unspecified atom stereocenters. The van der Waals surface area contributed by atoms with Crippen LogP contribution in [0.2, 0.25) is 0 Å². The summed E-state index contributed by atoms with van der Waals surface area (Å²) in [6.45, 7) is 0.608. The zero-order valence-corrected chi connectivity index (χ0v) is 22.2. The monoisotopic (exact) mass is 555 g/mol. The maximum atomic E-state index is 13.9. The van der Waals surface area contributed by atoms with Crippen LogP contribution in [-0.2, 0) is 10.0 Å². The van der Waals surface area contributed by atoms with Crippen molar-refractivity contribution in [1.29, 1.82) is 0 Å². The third kappa shape index (κ3) is 5.60. The van der Waals surface area contributed by atoms with E-state index in [0.717, 1.165) is 75.8 Å². The second kappa shape index (κ2) is 10.8. The zero-order chi connectivity index (χ0) is 26.9. The molecule has 38 heavy (non-hydrogen) atoms. The molecule has 0 fully saturated rings. The third-order valence-electron chi connectivity index (χ3n) is 6.52. The molecule has 0 bridgehead atoms. The molecule has 2 heterocycles. The highest BCUT2D eigenvalue weighted by atomic mass is 35.5. The van der Waals surface area contributed by atoms with E-state index in [1.54, 1.807) is 10.7 Å². The topological polar surface area (TPSA) is 88.4 Å². The lowest BCUT2D eigenvalue weighted by Gasteiger charge is -2.18. The highest BCUT2D eigenvalue weighted by Gasteiger charge is 2.20. The van der Waals surface area contributed by atoms with E-state index in [1.165, 1.54) is 0 Å². The van der Waals surface area contributed by atoms with E-state index in [4.69, 9.17) is 16.6 Å². The summed E-state index contributed by atoms with van der Waals surface area (Å²) in [7, 11) is -2.14. The summed E-state index contributed by atoms with van der Waals surface area (Å²) in [5.74, 6) is -1.16. The van der Waals surface area contributed by atoms with Crippen LogP contribution in [0, 0.1) is 11.6 Å². The van der Waals surface area contributed by atoms with Crippen molar-refractivity contribution in [3.8, 4) is 0 Å². The van der Waals surface area contributed by atoms with Crippen LogP contribution in [-0.4, -0.2) is 44.0 Å². The molecule has 0 radical (unpaired) electrons. The van der Waals surface area contributed by atoms with Crippen molar-refractivity contribution in [2.75, 3.05) is 18.4 Å². The Balaban J connectivity index is 1.28. The van der Waals surface area contributed by atoms with Gasteiger partial charge in [0.2, 0.25) is 10.0 Å². The van der Waals surface area contributed by atoms with Gasteiger partial charge in [0.15, 0.2) is 5.65 Å². The molecule has 2 aliphatic rings. The first-order valence-corrected chi connectivity index (χ1v) is 14.0. The number of sulfonamides is 1. The van der Waals surface area contributed by atoms with Crippen molar-refractivity contribution in [2.24, 2.45) is 0 Å². The van der Waals surface area contributed by atoms with Crippen molar-refractivity contribution >= 4 is 52.0 Å². The van der Waals surface area contributed by atoms with Crippen LogP contribution < -0.4 is 15.5 Å². The van der Waals surface area contributed by atoms with Crippen LogP contribution >= 0.6 is 11.6 Å². The molecule has 2 aromatic heterocycles. The van der Waals surface area contributed by atoms with Gasteiger partial charge in [-0.3, -0.25) is 0 Å². The van der Waals surface area contributed by atoms with Crippen LogP contribution in [0.4, 0.5) is 14.6 Å². The number of fused-ring (bicyclic) bond motifs is 1. The number of benzene rings is 1. The van der Waals surface area contributed by atoms with Gasteiger partial charge in [-0.2, -0.15) is 9.61 Å². The van der Waals surface area contributed by atoms with Crippen molar-refractivity contribution in [2.45, 2.75) is 30.6 Å². The Morgan fingerprint density at radius 1 is 1.08 bits per heavy atom. The highest BCUT2D eigenvalue weighted by Crippen LogP contribution is 2.30. The Morgan fingerprint density at radius 3 is 2.55 bits per heavy atom. The number of allylic oxidation sites excluding steroid dienone is 6. The summed E-state index contributed by atoms with van der Waals surface area (Å²) in [5.41, 5.74) is 5.41. The number of nitrogens with one attached hydrogen (secondary N) is 2. The summed E-state index contributed by atoms with van der Waals surface area (Å²) in [5, 5.41) is 8.71. The summed E-state index contributed by atoms with van der Waals surface area (Å²) in [6.07, 6.45) is 12.8. The first kappa shape index (κ1) is 26.3. The summed E-state index contributed by atoms with van der Waals surface area (Å²) in [4.78, 5) is 4.22. The number of aromatic nitrogens is 3. The van der Waals surface area contributed by atoms with E-state index in [2.05, 4.69) is 21.2 Å². The normalized spacial score (nSPS) is 16.1. The van der Waals surface area contributed by atoms with Gasteiger partial charge in [-0.15, -0.1) is 0 Å². The van der Waals surface area contributed by atoms with Gasteiger partial charge in [0.25, 0.3) is 0 Å². The van der Waals surface area contributed by atoms with Crippen LogP contribution in [0.3, 0.4) is 0 Å². The van der Waals surface area contributed by atoms with Crippen LogP contribution in [0.5, 0.6) is 0 Å². The molecule has 5 rings (SSSR count). The molecule has 0 saturated carbocycles. The molecule has 0 saturated heterocycles. The lowest BCUT2D eigenvalue weighted by Crippen LogP contribution is -2.27. The Kier molecular flexibility index (Phi) is 7.51. The average Bonchev–Trinajstić information content (AvgIpc) is 3.27. The molecule has 1 aromatic carbocycles. The Labute approximate surface area is 225 Å². The van der Waals surface area contributed by atoms with E-state index in [0.29, 0.717) is 19.0 Å². The van der Waals surface area contributed by atoms with Crippen molar-refractivity contribution in [3.63, 3.8) is 0 Å². The molecule has 0 amide bonds. The predicted octanol–water partition coefficient (Wildman–Crippen LogP) is 3.60. The molecular formula is C26H25BClF2N5O2S. The molecule has 7 nitrogen and oxygen atoms in total. The van der Waals surface area contributed by atoms with E-state index in [-0.39, 0.29) is 6.54 Å². The van der Waals surface area contributed by atoms with Crippen LogP contribution in [0.15, 0.2) is 75.8 Å². The molecule has 0 aliphatic heterocycles. The van der Waals surface area contributed by atoms with Gasteiger partial charge in [-0.25, -0.2) is 26.9 Å². The van der Waals surface area contributed by atoms with Gasteiger partial charge < -0.3 is 5.32 Å². The number of anilines is 1. The molecule has 2 N–H and O–H groups in total. The zero-order valence-electron chi connectivity index (χ0n) is 20.6. The summed E-state index contributed by atoms with van der Waals surface area (Å²) < 4.78 is 56.1. The van der Waals surface area contributed by atoms with Crippen LogP contribution in [0.1, 0.15) is 31.4 Å². The maximum Gasteiger partial charge on any atom is 0.243 e.